The van der Waals surface area contributed by atoms with Crippen LogP contribution in [0, 0.1) is 11.3 Å². The number of carbonyl (C=O) groups is 1. The van der Waals surface area contributed by atoms with E-state index in [9.17, 15) is 4.79 Å². The van der Waals surface area contributed by atoms with Gasteiger partial charge in [0.25, 0.3) is 0 Å². The van der Waals surface area contributed by atoms with Gasteiger partial charge in [0.15, 0.2) is 0 Å². The van der Waals surface area contributed by atoms with Gasteiger partial charge in [0.2, 0.25) is 5.91 Å². The zero-order chi connectivity index (χ0) is 15.8. The first-order chi connectivity index (χ1) is 10.7. The van der Waals surface area contributed by atoms with E-state index < -0.39 is 0 Å². The van der Waals surface area contributed by atoms with Crippen molar-refractivity contribution in [2.75, 3.05) is 0 Å². The third-order valence-corrected chi connectivity index (χ3v) is 3.16. The first-order valence-corrected chi connectivity index (χ1v) is 7.15. The van der Waals surface area contributed by atoms with Crippen molar-refractivity contribution in [3.8, 4) is 11.8 Å². The second-order valence-corrected chi connectivity index (χ2v) is 5.11. The maximum atomic E-state index is 11.3. The van der Waals surface area contributed by atoms with Gasteiger partial charge in [-0.15, -0.1) is 0 Å². The van der Waals surface area contributed by atoms with Crippen LogP contribution in [0.25, 0.3) is 0 Å². The molecule has 2 aromatic rings. The summed E-state index contributed by atoms with van der Waals surface area (Å²) in [4.78, 5) is 11.3. The van der Waals surface area contributed by atoms with E-state index >= 15 is 0 Å². The molecule has 4 nitrogen and oxygen atoms in total. The molecule has 0 saturated carbocycles. The Kier molecular flexibility index (Phi) is 5.81. The number of carbonyl (C=O) groups excluding carboxylic acids is 1. The molecule has 0 fully saturated rings. The van der Waals surface area contributed by atoms with Crippen LogP contribution in [0.1, 0.15) is 17.5 Å². The second kappa shape index (κ2) is 8.06. The molecule has 0 aliphatic rings. The van der Waals surface area contributed by atoms with E-state index in [0.717, 1.165) is 11.1 Å². The molecule has 1 amide bonds. The molecule has 0 bridgehead atoms. The molecule has 0 aromatic heterocycles. The highest BCUT2D eigenvalue weighted by Gasteiger charge is 2.02. The Hall–Kier alpha value is -2.51. The van der Waals surface area contributed by atoms with Crippen LogP contribution in [0.3, 0.4) is 0 Å². The molecule has 2 aromatic carbocycles. The maximum absolute atomic E-state index is 11.3. The fraction of sp³-hybridized carbons (Fsp3) is 0.176. The molecule has 0 radical (unpaired) electrons. The van der Waals surface area contributed by atoms with Crippen molar-refractivity contribution in [3.63, 3.8) is 0 Å². The van der Waals surface area contributed by atoms with Gasteiger partial charge in [-0.3, -0.25) is 4.79 Å². The Labute approximate surface area is 134 Å². The van der Waals surface area contributed by atoms with Crippen LogP contribution < -0.4 is 10.1 Å². The summed E-state index contributed by atoms with van der Waals surface area (Å²) in [5.41, 5.74) is 1.90. The average Bonchev–Trinajstić information content (AvgIpc) is 2.52. The van der Waals surface area contributed by atoms with Crippen LogP contribution in [0.5, 0.6) is 5.75 Å². The van der Waals surface area contributed by atoms with Crippen LogP contribution in [-0.4, -0.2) is 5.91 Å². The molecule has 5 heteroatoms. The summed E-state index contributed by atoms with van der Waals surface area (Å²) in [5.74, 6) is 0.430. The fourth-order valence-corrected chi connectivity index (χ4v) is 2.09. The highest BCUT2D eigenvalue weighted by Crippen LogP contribution is 2.17. The van der Waals surface area contributed by atoms with E-state index in [2.05, 4.69) is 5.32 Å². The Morgan fingerprint density at radius 1 is 1.18 bits per heavy atom. The van der Waals surface area contributed by atoms with Gasteiger partial charge in [0, 0.05) is 11.6 Å². The summed E-state index contributed by atoms with van der Waals surface area (Å²) in [7, 11) is 0. The smallest absolute Gasteiger partial charge is 0.234 e. The summed E-state index contributed by atoms with van der Waals surface area (Å²) in [5, 5.41) is 11.8. The highest BCUT2D eigenvalue weighted by atomic mass is 35.5. The van der Waals surface area contributed by atoms with Crippen molar-refractivity contribution in [1.82, 2.24) is 5.32 Å². The van der Waals surface area contributed by atoms with Gasteiger partial charge in [-0.2, -0.15) is 5.26 Å². The van der Waals surface area contributed by atoms with Gasteiger partial charge in [0.05, 0.1) is 6.07 Å². The summed E-state index contributed by atoms with van der Waals surface area (Å²) in [6, 6.07) is 16.8. The first-order valence-electron chi connectivity index (χ1n) is 6.77. The number of nitrogens with zero attached hydrogens (tertiary/aromatic N) is 1. The van der Waals surface area contributed by atoms with E-state index in [4.69, 9.17) is 21.6 Å². The van der Waals surface area contributed by atoms with Crippen LogP contribution in [0.2, 0.25) is 5.02 Å². The molecular formula is C17H15ClN2O2. The number of amides is 1. The summed E-state index contributed by atoms with van der Waals surface area (Å²) >= 11 is 5.93. The zero-order valence-electron chi connectivity index (χ0n) is 11.9. The molecule has 0 spiro atoms. The van der Waals surface area contributed by atoms with Crippen molar-refractivity contribution in [1.29, 1.82) is 5.26 Å². The topological polar surface area (TPSA) is 62.1 Å². The first kappa shape index (κ1) is 15.9. The molecule has 0 heterocycles. The third-order valence-electron chi connectivity index (χ3n) is 2.92. The molecule has 112 valence electrons. The normalized spacial score (nSPS) is 9.82. The van der Waals surface area contributed by atoms with Crippen molar-refractivity contribution < 1.29 is 9.53 Å². The molecule has 22 heavy (non-hydrogen) atoms. The average molecular weight is 315 g/mol. The number of ether oxygens (including phenoxy) is 1. The minimum Gasteiger partial charge on any atom is -0.489 e. The number of rotatable bonds is 6. The lowest BCUT2D eigenvalue weighted by Crippen LogP contribution is -2.21. The highest BCUT2D eigenvalue weighted by molar-refractivity contribution is 6.30. The molecular weight excluding hydrogens is 300 g/mol. The monoisotopic (exact) mass is 314 g/mol. The molecule has 1 N–H and O–H groups in total. The molecule has 2 rings (SSSR count). The van der Waals surface area contributed by atoms with E-state index in [-0.39, 0.29) is 12.3 Å². The number of hydrogen-bond donors (Lipinski definition) is 1. The predicted octanol–water partition coefficient (Wildman–Crippen LogP) is 3.45. The minimum atomic E-state index is -0.284. The van der Waals surface area contributed by atoms with E-state index in [1.165, 1.54) is 0 Å². The minimum absolute atomic E-state index is 0.134. The summed E-state index contributed by atoms with van der Waals surface area (Å²) in [6.07, 6.45) is -0.134. The van der Waals surface area contributed by atoms with Crippen LogP contribution in [0.15, 0.2) is 48.5 Å². The maximum Gasteiger partial charge on any atom is 0.234 e. The summed E-state index contributed by atoms with van der Waals surface area (Å²) < 4.78 is 5.72. The van der Waals surface area contributed by atoms with Crippen molar-refractivity contribution in [2.24, 2.45) is 0 Å². The van der Waals surface area contributed by atoms with Gasteiger partial charge < -0.3 is 10.1 Å². The van der Waals surface area contributed by atoms with Crippen LogP contribution >= 0.6 is 11.6 Å². The van der Waals surface area contributed by atoms with Crippen LogP contribution in [-0.2, 0) is 17.9 Å². The predicted molar refractivity (Wildman–Crippen MR) is 84.3 cm³/mol. The van der Waals surface area contributed by atoms with Gasteiger partial charge in [-0.1, -0.05) is 35.9 Å². The lowest BCUT2D eigenvalue weighted by Gasteiger charge is -2.09. The Morgan fingerprint density at radius 2 is 1.95 bits per heavy atom. The number of nitrogens with one attached hydrogen (secondary N) is 1. The quantitative estimate of drug-likeness (QED) is 0.888. The number of halogens is 1. The van der Waals surface area contributed by atoms with Gasteiger partial charge in [0.1, 0.15) is 18.8 Å². The third kappa shape index (κ3) is 5.12. The van der Waals surface area contributed by atoms with Crippen LogP contribution in [0.4, 0.5) is 0 Å². The van der Waals surface area contributed by atoms with Crippen molar-refractivity contribution in [2.45, 2.75) is 19.6 Å². The van der Waals surface area contributed by atoms with Crippen molar-refractivity contribution >= 4 is 17.5 Å². The number of hydrogen-bond acceptors (Lipinski definition) is 3. The second-order valence-electron chi connectivity index (χ2n) is 4.68. The van der Waals surface area contributed by atoms with Crippen molar-refractivity contribution in [3.05, 3.63) is 64.7 Å². The van der Waals surface area contributed by atoms with Gasteiger partial charge >= 0.3 is 0 Å². The van der Waals surface area contributed by atoms with Gasteiger partial charge in [-0.25, -0.2) is 0 Å². The Morgan fingerprint density at radius 3 is 2.73 bits per heavy atom. The largest absolute Gasteiger partial charge is 0.489 e. The molecule has 0 atom stereocenters. The summed E-state index contributed by atoms with van der Waals surface area (Å²) in [6.45, 7) is 0.791. The Balaban J connectivity index is 1.91. The lowest BCUT2D eigenvalue weighted by atomic mass is 10.2. The SMILES string of the molecule is N#CCC(=O)NCc1cccc(OCc2cccc(Cl)c2)c1. The molecule has 0 aliphatic heterocycles. The lowest BCUT2D eigenvalue weighted by molar-refractivity contribution is -0.120. The van der Waals surface area contributed by atoms with E-state index in [0.29, 0.717) is 23.9 Å². The standard InChI is InChI=1S/C17H15ClN2O2/c18-15-5-1-4-14(9-15)12-22-16-6-2-3-13(10-16)11-20-17(21)7-8-19/h1-6,9-10H,7,11-12H2,(H,20,21). The van der Waals surface area contributed by atoms with E-state index in [1.54, 1.807) is 0 Å². The zero-order valence-corrected chi connectivity index (χ0v) is 12.6. The van der Waals surface area contributed by atoms with Gasteiger partial charge in [-0.05, 0) is 35.4 Å². The Bertz CT molecular complexity index is 695. The molecule has 0 aliphatic carbocycles. The number of benzene rings is 2. The molecule has 0 saturated heterocycles. The fourth-order valence-electron chi connectivity index (χ4n) is 1.87. The molecule has 0 unspecified atom stereocenters. The van der Waals surface area contributed by atoms with E-state index in [1.807, 2.05) is 54.6 Å². The number of nitriles is 1.